The van der Waals surface area contributed by atoms with Gasteiger partial charge in [0.15, 0.2) is 0 Å². The number of benzene rings is 1. The lowest BCUT2D eigenvalue weighted by Crippen LogP contribution is -2.46. The first-order valence-electron chi connectivity index (χ1n) is 10.1. The number of hydrogen-bond donors (Lipinski definition) is 0. The van der Waals surface area contributed by atoms with E-state index in [2.05, 4.69) is 27.9 Å². The lowest BCUT2D eigenvalue weighted by Gasteiger charge is -2.35. The van der Waals surface area contributed by atoms with Crippen LogP contribution in [0.5, 0.6) is 0 Å². The largest absolute Gasteiger partial charge is 0.422 e. The normalized spacial score (nSPS) is 15.4. The van der Waals surface area contributed by atoms with Gasteiger partial charge in [-0.05, 0) is 55.4 Å². The molecule has 0 spiro atoms. The molecule has 0 amide bonds. The molecule has 4 heterocycles. The number of anilines is 1. The minimum atomic E-state index is -0.356. The van der Waals surface area contributed by atoms with Crippen molar-refractivity contribution >= 4 is 22.2 Å². The molecule has 0 atom stereocenters. The zero-order valence-corrected chi connectivity index (χ0v) is 16.8. The molecule has 5 rings (SSSR count). The molecular weight excluding hydrogens is 364 g/mol. The lowest BCUT2D eigenvalue weighted by molar-refractivity contribution is 0.271. The van der Waals surface area contributed by atoms with Gasteiger partial charge in [-0.1, -0.05) is 6.92 Å². The molecule has 4 aromatic rings. The summed E-state index contributed by atoms with van der Waals surface area (Å²) < 4.78 is 7.48. The van der Waals surface area contributed by atoms with Gasteiger partial charge in [-0.15, -0.1) is 0 Å². The van der Waals surface area contributed by atoms with Crippen molar-refractivity contribution in [1.29, 1.82) is 0 Å². The number of piperazine rings is 1. The van der Waals surface area contributed by atoms with Crippen molar-refractivity contribution in [3.05, 3.63) is 64.6 Å². The van der Waals surface area contributed by atoms with Crippen LogP contribution in [0.15, 0.2) is 57.9 Å². The van der Waals surface area contributed by atoms with Gasteiger partial charge in [-0.25, -0.2) is 9.31 Å². The monoisotopic (exact) mass is 388 g/mol. The third-order valence-electron chi connectivity index (χ3n) is 5.80. The fourth-order valence-electron chi connectivity index (χ4n) is 4.03. The zero-order valence-electron chi connectivity index (χ0n) is 16.8. The molecule has 1 aliphatic rings. The van der Waals surface area contributed by atoms with Crippen molar-refractivity contribution in [3.8, 4) is 11.3 Å². The quantitative estimate of drug-likeness (QED) is 0.503. The van der Waals surface area contributed by atoms with Gasteiger partial charge in [0, 0.05) is 49.5 Å². The van der Waals surface area contributed by atoms with E-state index < -0.39 is 0 Å². The second-order valence-electron chi connectivity index (χ2n) is 7.69. The van der Waals surface area contributed by atoms with Crippen LogP contribution >= 0.6 is 0 Å². The number of rotatable bonds is 3. The average molecular weight is 388 g/mol. The molecule has 0 unspecified atom stereocenters. The molecule has 6 nitrogen and oxygen atoms in total. The number of hydrogen-bond acceptors (Lipinski definition) is 5. The number of pyridine rings is 1. The molecular formula is C23H24N4O2. The Hall–Kier alpha value is -3.12. The van der Waals surface area contributed by atoms with E-state index >= 15 is 0 Å². The summed E-state index contributed by atoms with van der Waals surface area (Å²) >= 11 is 0. The van der Waals surface area contributed by atoms with Crippen LogP contribution in [0.4, 0.5) is 5.69 Å². The fraction of sp³-hybridized carbons (Fsp3) is 0.304. The van der Waals surface area contributed by atoms with E-state index in [1.54, 1.807) is 4.52 Å². The highest BCUT2D eigenvalue weighted by atomic mass is 16.4. The minimum Gasteiger partial charge on any atom is -0.422 e. The molecule has 3 aromatic heterocycles. The van der Waals surface area contributed by atoms with Gasteiger partial charge in [0.2, 0.25) is 0 Å². The smallest absolute Gasteiger partial charge is 0.345 e. The molecule has 0 aliphatic carbocycles. The van der Waals surface area contributed by atoms with Gasteiger partial charge in [-0.3, -0.25) is 0 Å². The summed E-state index contributed by atoms with van der Waals surface area (Å²) in [5, 5.41) is 5.45. The minimum absolute atomic E-state index is 0.356. The highest BCUT2D eigenvalue weighted by Gasteiger charge is 2.17. The number of likely N-dealkylation sites (N-methyl/N-ethyl adjacent to an activating group) is 1. The van der Waals surface area contributed by atoms with E-state index in [0.29, 0.717) is 16.8 Å². The van der Waals surface area contributed by atoms with Crippen LogP contribution in [0.3, 0.4) is 0 Å². The SMILES string of the molecule is CCN1CCN(c2ccc3cc(-c4cc5cc(C)ccn5n4)c(=O)oc3c2)CC1. The maximum atomic E-state index is 12.7. The first-order chi connectivity index (χ1) is 14.1. The van der Waals surface area contributed by atoms with Gasteiger partial charge in [-0.2, -0.15) is 5.10 Å². The molecule has 148 valence electrons. The van der Waals surface area contributed by atoms with Gasteiger partial charge >= 0.3 is 5.63 Å². The lowest BCUT2D eigenvalue weighted by atomic mass is 10.1. The van der Waals surface area contributed by atoms with Crippen LogP contribution in [-0.4, -0.2) is 47.2 Å². The second-order valence-corrected chi connectivity index (χ2v) is 7.69. The van der Waals surface area contributed by atoms with E-state index in [4.69, 9.17) is 4.42 Å². The van der Waals surface area contributed by atoms with E-state index in [1.165, 1.54) is 0 Å². The van der Waals surface area contributed by atoms with E-state index in [1.807, 2.05) is 49.5 Å². The van der Waals surface area contributed by atoms with Crippen LogP contribution in [0, 0.1) is 6.92 Å². The highest BCUT2D eigenvalue weighted by Crippen LogP contribution is 2.26. The standard InChI is InChI=1S/C23H24N4O2/c1-3-25-8-10-26(11-9-25)18-5-4-17-13-20(23(28)29-22(17)15-18)21-14-19-12-16(2)6-7-27(19)24-21/h4-7,12-15H,3,8-11H2,1-2H3. The summed E-state index contributed by atoms with van der Waals surface area (Å²) in [4.78, 5) is 17.5. The number of aryl methyl sites for hydroxylation is 1. The topological polar surface area (TPSA) is 54.0 Å². The van der Waals surface area contributed by atoms with Crippen LogP contribution in [-0.2, 0) is 0 Å². The van der Waals surface area contributed by atoms with Gasteiger partial charge in [0.05, 0.1) is 11.1 Å². The van der Waals surface area contributed by atoms with Crippen LogP contribution in [0.1, 0.15) is 12.5 Å². The molecule has 29 heavy (non-hydrogen) atoms. The molecule has 0 bridgehead atoms. The maximum absolute atomic E-state index is 12.7. The number of fused-ring (bicyclic) bond motifs is 2. The van der Waals surface area contributed by atoms with Crippen LogP contribution in [0.25, 0.3) is 27.7 Å². The molecule has 1 aromatic carbocycles. The van der Waals surface area contributed by atoms with Gasteiger partial charge in [0.25, 0.3) is 0 Å². The van der Waals surface area contributed by atoms with Crippen molar-refractivity contribution in [2.75, 3.05) is 37.6 Å². The average Bonchev–Trinajstić information content (AvgIpc) is 3.15. The summed E-state index contributed by atoms with van der Waals surface area (Å²) in [5.41, 5.74) is 4.60. The number of nitrogens with zero attached hydrogens (tertiary/aromatic N) is 4. The Morgan fingerprint density at radius 1 is 1.03 bits per heavy atom. The molecule has 0 saturated carbocycles. The second kappa shape index (κ2) is 7.04. The summed E-state index contributed by atoms with van der Waals surface area (Å²) in [5.74, 6) is 0. The molecule has 6 heteroatoms. The third kappa shape index (κ3) is 3.29. The Balaban J connectivity index is 1.50. The predicted molar refractivity (Wildman–Crippen MR) is 116 cm³/mol. The van der Waals surface area contributed by atoms with E-state index in [9.17, 15) is 4.79 Å². The van der Waals surface area contributed by atoms with Gasteiger partial charge < -0.3 is 14.2 Å². The molecule has 0 N–H and O–H groups in total. The summed E-state index contributed by atoms with van der Waals surface area (Å²) in [6, 6.07) is 14.0. The molecule has 1 saturated heterocycles. The Morgan fingerprint density at radius 3 is 2.66 bits per heavy atom. The molecule has 1 fully saturated rings. The summed E-state index contributed by atoms with van der Waals surface area (Å²) in [6.45, 7) is 9.42. The first kappa shape index (κ1) is 17.9. The Bertz CT molecular complexity index is 1250. The summed E-state index contributed by atoms with van der Waals surface area (Å²) in [6.07, 6.45) is 1.90. The molecule has 1 aliphatic heterocycles. The van der Waals surface area contributed by atoms with Crippen molar-refractivity contribution in [2.45, 2.75) is 13.8 Å². The summed E-state index contributed by atoms with van der Waals surface area (Å²) in [7, 11) is 0. The Labute approximate surface area is 169 Å². The van der Waals surface area contributed by atoms with Crippen molar-refractivity contribution in [1.82, 2.24) is 14.5 Å². The van der Waals surface area contributed by atoms with Crippen molar-refractivity contribution in [3.63, 3.8) is 0 Å². The van der Waals surface area contributed by atoms with E-state index in [0.717, 1.165) is 54.9 Å². The van der Waals surface area contributed by atoms with E-state index in [-0.39, 0.29) is 5.63 Å². The Kier molecular flexibility index (Phi) is 4.36. The van der Waals surface area contributed by atoms with Gasteiger partial charge in [0.1, 0.15) is 11.3 Å². The van der Waals surface area contributed by atoms with Crippen LogP contribution < -0.4 is 10.5 Å². The van der Waals surface area contributed by atoms with Crippen molar-refractivity contribution in [2.24, 2.45) is 0 Å². The zero-order chi connectivity index (χ0) is 20.0. The molecule has 0 radical (unpaired) electrons. The van der Waals surface area contributed by atoms with Crippen LogP contribution in [0.2, 0.25) is 0 Å². The highest BCUT2D eigenvalue weighted by molar-refractivity contribution is 5.84. The predicted octanol–water partition coefficient (Wildman–Crippen LogP) is 3.56. The first-order valence-corrected chi connectivity index (χ1v) is 10.1. The number of aromatic nitrogens is 2. The third-order valence-corrected chi connectivity index (χ3v) is 5.80. The fourth-order valence-corrected chi connectivity index (χ4v) is 4.03. The Morgan fingerprint density at radius 2 is 1.86 bits per heavy atom. The maximum Gasteiger partial charge on any atom is 0.345 e. The van der Waals surface area contributed by atoms with Crippen molar-refractivity contribution < 1.29 is 4.42 Å².